The molecule has 1 amide bonds. The molecule has 0 bridgehead atoms. The van der Waals surface area contributed by atoms with E-state index in [1.165, 1.54) is 17.2 Å². The molecule has 174 valence electrons. The van der Waals surface area contributed by atoms with E-state index in [0.717, 1.165) is 0 Å². The number of aromatic nitrogens is 4. The van der Waals surface area contributed by atoms with Crippen LogP contribution in [0.15, 0.2) is 12.7 Å². The maximum absolute atomic E-state index is 12.2. The Kier molecular flexibility index (Phi) is 8.62. The zero-order chi connectivity index (χ0) is 22.9. The average molecular weight is 491 g/mol. The topological polar surface area (TPSA) is 167 Å². The van der Waals surface area contributed by atoms with E-state index in [4.69, 9.17) is 18.5 Å². The summed E-state index contributed by atoms with van der Waals surface area (Å²) in [6.07, 6.45) is 0.404. The summed E-state index contributed by atoms with van der Waals surface area (Å²) in [5, 5.41) is 2.70. The third-order valence-electron chi connectivity index (χ3n) is 5.02. The third kappa shape index (κ3) is 5.63. The molecule has 2 aliphatic rings. The van der Waals surface area contributed by atoms with E-state index in [0.29, 0.717) is 30.4 Å². The molecule has 2 aromatic rings. The molecule has 0 aliphatic carbocycles. The molecule has 2 fully saturated rings. The first kappa shape index (κ1) is 26.2. The Balaban J connectivity index is 0.00000306. The second kappa shape index (κ2) is 10.9. The predicted molar refractivity (Wildman–Crippen MR) is 106 cm³/mol. The Bertz CT molecular complexity index is 1070. The molecular weight excluding hydrogens is 468 g/mol. The van der Waals surface area contributed by atoms with Gasteiger partial charge in [-0.25, -0.2) is 15.0 Å². The molecule has 33 heavy (non-hydrogen) atoms. The van der Waals surface area contributed by atoms with Crippen LogP contribution in [0, 0.1) is 0 Å². The summed E-state index contributed by atoms with van der Waals surface area (Å²) in [5.74, 6) is -0.506. The van der Waals surface area contributed by atoms with Crippen molar-refractivity contribution in [2.45, 2.75) is 64.1 Å². The van der Waals surface area contributed by atoms with Crippen molar-refractivity contribution in [3.8, 4) is 0 Å². The van der Waals surface area contributed by atoms with Crippen LogP contribution < -0.4 is 39.8 Å². The number of imidazole rings is 1. The first-order chi connectivity index (χ1) is 15.3. The molecule has 2 unspecified atom stereocenters. The fourth-order valence-electron chi connectivity index (χ4n) is 3.63. The van der Waals surface area contributed by atoms with Crippen molar-refractivity contribution < 1.29 is 67.1 Å². The van der Waals surface area contributed by atoms with Gasteiger partial charge in [-0.15, -0.1) is 0 Å². The average Bonchev–Trinajstić information content (AvgIpc) is 3.30. The molecule has 0 aromatic carbocycles. The van der Waals surface area contributed by atoms with Gasteiger partial charge < -0.3 is 28.7 Å². The van der Waals surface area contributed by atoms with Gasteiger partial charge in [0.2, 0.25) is 5.91 Å². The number of amides is 1. The van der Waals surface area contributed by atoms with Gasteiger partial charge in [0.05, 0.1) is 12.9 Å². The molecular formula is C18H23N5NaO8P. The summed E-state index contributed by atoms with van der Waals surface area (Å²) < 4.78 is 34.7. The van der Waals surface area contributed by atoms with E-state index in [2.05, 4.69) is 20.3 Å². The van der Waals surface area contributed by atoms with E-state index in [-0.39, 0.29) is 54.3 Å². The van der Waals surface area contributed by atoms with E-state index >= 15 is 0 Å². The SMILES string of the molecule is CCCC(=O)Nc1ncnc2c1ncn2C1O[C@H]2COP(=O)([O-])O[C@@H]2[C@@H]1OC(=O)CCC.[Na+]. The van der Waals surface area contributed by atoms with Crippen molar-refractivity contribution >= 4 is 36.7 Å². The maximum Gasteiger partial charge on any atom is 1.00 e. The monoisotopic (exact) mass is 491 g/mol. The van der Waals surface area contributed by atoms with E-state index in [1.54, 1.807) is 0 Å². The third-order valence-corrected chi connectivity index (χ3v) is 5.99. The first-order valence-electron chi connectivity index (χ1n) is 10.3. The zero-order valence-electron chi connectivity index (χ0n) is 18.5. The normalized spacial score (nSPS) is 28.7. The van der Waals surface area contributed by atoms with Crippen LogP contribution in [0.1, 0.15) is 45.8 Å². The van der Waals surface area contributed by atoms with Crippen molar-refractivity contribution in [2.75, 3.05) is 11.9 Å². The molecule has 2 saturated heterocycles. The zero-order valence-corrected chi connectivity index (χ0v) is 21.4. The van der Waals surface area contributed by atoms with Crippen LogP contribution in [0.3, 0.4) is 0 Å². The number of rotatable bonds is 7. The van der Waals surface area contributed by atoms with E-state index in [9.17, 15) is 19.0 Å². The molecule has 0 radical (unpaired) electrons. The Morgan fingerprint density at radius 1 is 1.27 bits per heavy atom. The Hall–Kier alpha value is -1.44. The molecule has 13 nitrogen and oxygen atoms in total. The van der Waals surface area contributed by atoms with Crippen LogP contribution in [-0.4, -0.2) is 56.3 Å². The molecule has 4 heterocycles. The molecule has 0 spiro atoms. The summed E-state index contributed by atoms with van der Waals surface area (Å²) in [5.41, 5.74) is 0.610. The minimum absolute atomic E-state index is 0. The number of fused-ring (bicyclic) bond motifs is 2. The molecule has 2 aliphatic heterocycles. The molecule has 0 saturated carbocycles. The smallest absolute Gasteiger partial charge is 0.756 e. The number of carbonyl (C=O) groups excluding carboxylic acids is 2. The van der Waals surface area contributed by atoms with Gasteiger partial charge in [-0.05, 0) is 12.8 Å². The standard InChI is InChI=1S/C18H24N5O8P.Na/c1-3-5-11(24)22-16-13-17(20-8-19-16)23(9-21-13)18-15(30-12(25)6-4-2)14-10(29-18)7-28-32(26,27)31-14;/h8-10,14-15,18H,3-7H2,1-2H3,(H,26,27)(H,19,20,22,24);/q;+1/p-1/t10-,14-,15-,18?;/m0./s1. The fourth-order valence-corrected chi connectivity index (χ4v) is 4.57. The number of hydrogen-bond donors (Lipinski definition) is 1. The summed E-state index contributed by atoms with van der Waals surface area (Å²) >= 11 is 0. The molecule has 4 rings (SSSR count). The van der Waals surface area contributed by atoms with Crippen molar-refractivity contribution in [1.29, 1.82) is 0 Å². The fraction of sp³-hybridized carbons (Fsp3) is 0.611. The van der Waals surface area contributed by atoms with Gasteiger partial charge in [-0.1, -0.05) is 13.8 Å². The van der Waals surface area contributed by atoms with Crippen LogP contribution >= 0.6 is 7.82 Å². The van der Waals surface area contributed by atoms with Crippen LogP contribution in [0.4, 0.5) is 5.82 Å². The quantitative estimate of drug-likeness (QED) is 0.260. The van der Waals surface area contributed by atoms with Gasteiger partial charge in [-0.3, -0.25) is 18.7 Å². The van der Waals surface area contributed by atoms with Gasteiger partial charge in [-0.2, -0.15) is 0 Å². The molecule has 5 atom stereocenters. The summed E-state index contributed by atoms with van der Waals surface area (Å²) in [4.78, 5) is 48.7. The van der Waals surface area contributed by atoms with Crippen LogP contribution in [0.5, 0.6) is 0 Å². The van der Waals surface area contributed by atoms with E-state index < -0.39 is 38.3 Å². The Labute approximate surface area is 211 Å². The largest absolute Gasteiger partial charge is 1.00 e. The number of phosphoric acid groups is 1. The Morgan fingerprint density at radius 3 is 2.76 bits per heavy atom. The molecule has 1 N–H and O–H groups in total. The second-order valence-corrected chi connectivity index (χ2v) is 8.79. The van der Waals surface area contributed by atoms with Crippen molar-refractivity contribution in [2.24, 2.45) is 0 Å². The minimum Gasteiger partial charge on any atom is -0.756 e. The number of nitrogens with one attached hydrogen (secondary N) is 1. The number of nitrogens with zero attached hydrogens (tertiary/aromatic N) is 4. The number of anilines is 1. The molecule has 2 aromatic heterocycles. The van der Waals surface area contributed by atoms with Crippen molar-refractivity contribution in [3.63, 3.8) is 0 Å². The Morgan fingerprint density at radius 2 is 2.03 bits per heavy atom. The first-order valence-corrected chi connectivity index (χ1v) is 11.7. The number of ether oxygens (including phenoxy) is 2. The molecule has 15 heteroatoms. The van der Waals surface area contributed by atoms with Gasteiger partial charge in [0.25, 0.3) is 7.82 Å². The van der Waals surface area contributed by atoms with Gasteiger partial charge in [0.1, 0.15) is 18.5 Å². The number of hydrogen-bond acceptors (Lipinski definition) is 11. The van der Waals surface area contributed by atoms with E-state index in [1.807, 2.05) is 13.8 Å². The van der Waals surface area contributed by atoms with Crippen molar-refractivity contribution in [1.82, 2.24) is 19.5 Å². The maximum atomic E-state index is 12.2. The van der Waals surface area contributed by atoms with Crippen LogP contribution in [-0.2, 0) is 32.7 Å². The number of esters is 1. The minimum atomic E-state index is -4.55. The van der Waals surface area contributed by atoms with Gasteiger partial charge >= 0.3 is 35.5 Å². The van der Waals surface area contributed by atoms with Gasteiger partial charge in [0.15, 0.2) is 29.3 Å². The summed E-state index contributed by atoms with van der Waals surface area (Å²) in [6.45, 7) is 3.43. The van der Waals surface area contributed by atoms with Gasteiger partial charge in [0, 0.05) is 12.8 Å². The second-order valence-electron chi connectivity index (χ2n) is 7.43. The number of carbonyl (C=O) groups is 2. The predicted octanol–water partition coefficient (Wildman–Crippen LogP) is -1.94. The van der Waals surface area contributed by atoms with Crippen molar-refractivity contribution in [3.05, 3.63) is 12.7 Å². The number of phosphoric ester groups is 1. The summed E-state index contributed by atoms with van der Waals surface area (Å²) in [6, 6.07) is 0. The van der Waals surface area contributed by atoms with Crippen LogP contribution in [0.25, 0.3) is 11.2 Å². The summed E-state index contributed by atoms with van der Waals surface area (Å²) in [7, 11) is -4.55. The van der Waals surface area contributed by atoms with Crippen LogP contribution in [0.2, 0.25) is 0 Å².